The molecule has 1 aromatic rings. The Balaban J connectivity index is 0.000000688. The summed E-state index contributed by atoms with van der Waals surface area (Å²) >= 11 is 0. The van der Waals surface area contributed by atoms with E-state index < -0.39 is 11.9 Å². The second-order valence-electron chi connectivity index (χ2n) is 4.07. The Bertz CT molecular complexity index is 554. The molecule has 0 fully saturated rings. The van der Waals surface area contributed by atoms with E-state index in [9.17, 15) is 4.79 Å². The number of carbonyl (C=O) groups excluding carboxylic acids is 1. The summed E-state index contributed by atoms with van der Waals surface area (Å²) in [5.74, 6) is -3.79. The average molecular weight is 322 g/mol. The third-order valence-electron chi connectivity index (χ3n) is 2.39. The summed E-state index contributed by atoms with van der Waals surface area (Å²) in [6.07, 6.45) is 0.329. The van der Waals surface area contributed by atoms with E-state index in [1.165, 1.54) is 0 Å². The monoisotopic (exact) mass is 322 g/mol. The van der Waals surface area contributed by atoms with Gasteiger partial charge in [-0.05, 0) is 24.7 Å². The van der Waals surface area contributed by atoms with Crippen LogP contribution < -0.4 is 16.2 Å². The van der Waals surface area contributed by atoms with Crippen LogP contribution >= 0.6 is 0 Å². The highest BCUT2D eigenvalue weighted by Gasteiger charge is 2.04. The second-order valence-corrected chi connectivity index (χ2v) is 4.07. The molecule has 0 aliphatic carbocycles. The maximum Gasteiger partial charge on any atom is 0.414 e. The summed E-state index contributed by atoms with van der Waals surface area (Å²) in [4.78, 5) is 29.8. The van der Waals surface area contributed by atoms with Crippen LogP contribution in [0.1, 0.15) is 22.3 Å². The second kappa shape index (κ2) is 11.7. The van der Waals surface area contributed by atoms with Crippen molar-refractivity contribution in [1.82, 2.24) is 16.2 Å². The largest absolute Gasteiger partial charge is 0.473 e. The molecule has 0 radical (unpaired) electrons. The van der Waals surface area contributed by atoms with Gasteiger partial charge in [0.1, 0.15) is 0 Å². The SMILES string of the molecule is CNNCc1ccc(C(=O)NCCC#N)cc1.O=C(O)C(=O)O. The van der Waals surface area contributed by atoms with Crippen LogP contribution in [0.3, 0.4) is 0 Å². The molecular weight excluding hydrogens is 304 g/mol. The lowest BCUT2D eigenvalue weighted by Gasteiger charge is -2.05. The van der Waals surface area contributed by atoms with E-state index in [0.29, 0.717) is 25.1 Å². The molecule has 23 heavy (non-hydrogen) atoms. The molecule has 0 atom stereocenters. The van der Waals surface area contributed by atoms with Gasteiger partial charge >= 0.3 is 11.9 Å². The third kappa shape index (κ3) is 9.57. The van der Waals surface area contributed by atoms with Crippen LogP contribution in [0.25, 0.3) is 0 Å². The summed E-state index contributed by atoms with van der Waals surface area (Å²) in [6, 6.07) is 9.31. The number of carbonyl (C=O) groups is 3. The summed E-state index contributed by atoms with van der Waals surface area (Å²) in [7, 11) is 1.80. The van der Waals surface area contributed by atoms with Gasteiger partial charge in [-0.2, -0.15) is 5.26 Å². The van der Waals surface area contributed by atoms with E-state index in [2.05, 4.69) is 16.2 Å². The number of nitrogens with one attached hydrogen (secondary N) is 3. The van der Waals surface area contributed by atoms with Crippen LogP contribution in [0.2, 0.25) is 0 Å². The quantitative estimate of drug-likeness (QED) is 0.272. The molecule has 5 N–H and O–H groups in total. The molecule has 0 aliphatic rings. The highest BCUT2D eigenvalue weighted by atomic mass is 16.4. The third-order valence-corrected chi connectivity index (χ3v) is 2.39. The van der Waals surface area contributed by atoms with Gasteiger partial charge in [-0.15, -0.1) is 0 Å². The van der Waals surface area contributed by atoms with Gasteiger partial charge in [0.15, 0.2) is 0 Å². The fourth-order valence-corrected chi connectivity index (χ4v) is 1.30. The Kier molecular flexibility index (Phi) is 10.2. The molecule has 0 spiro atoms. The Hall–Kier alpha value is -2.96. The molecule has 0 saturated heterocycles. The lowest BCUT2D eigenvalue weighted by Crippen LogP contribution is -2.27. The molecule has 9 heteroatoms. The predicted molar refractivity (Wildman–Crippen MR) is 80.2 cm³/mol. The number of aliphatic carboxylic acids is 2. The smallest absolute Gasteiger partial charge is 0.414 e. The van der Waals surface area contributed by atoms with Crippen molar-refractivity contribution in [2.45, 2.75) is 13.0 Å². The van der Waals surface area contributed by atoms with Crippen molar-refractivity contribution in [3.05, 3.63) is 35.4 Å². The normalized spacial score (nSPS) is 9.04. The first kappa shape index (κ1) is 20.0. The minimum Gasteiger partial charge on any atom is -0.473 e. The molecule has 1 amide bonds. The molecule has 1 aromatic carbocycles. The van der Waals surface area contributed by atoms with E-state index in [4.69, 9.17) is 25.1 Å². The number of benzene rings is 1. The van der Waals surface area contributed by atoms with Crippen molar-refractivity contribution in [3.63, 3.8) is 0 Å². The maximum atomic E-state index is 11.6. The molecule has 0 aliphatic heterocycles. The fraction of sp³-hybridized carbons (Fsp3) is 0.286. The van der Waals surface area contributed by atoms with Gasteiger partial charge in [-0.1, -0.05) is 12.1 Å². The number of hydrazine groups is 1. The van der Waals surface area contributed by atoms with E-state index in [0.717, 1.165) is 5.56 Å². The lowest BCUT2D eigenvalue weighted by molar-refractivity contribution is -0.159. The fourth-order valence-electron chi connectivity index (χ4n) is 1.30. The molecule has 0 unspecified atom stereocenters. The van der Waals surface area contributed by atoms with Crippen LogP contribution in [0, 0.1) is 11.3 Å². The average Bonchev–Trinajstić information content (AvgIpc) is 2.54. The van der Waals surface area contributed by atoms with Crippen molar-refractivity contribution in [1.29, 1.82) is 5.26 Å². The van der Waals surface area contributed by atoms with Crippen LogP contribution in [0.4, 0.5) is 0 Å². The molecule has 124 valence electrons. The Morgan fingerprint density at radius 3 is 2.13 bits per heavy atom. The summed E-state index contributed by atoms with van der Waals surface area (Å²) < 4.78 is 0. The number of nitriles is 1. The Morgan fingerprint density at radius 2 is 1.70 bits per heavy atom. The number of rotatable bonds is 6. The molecule has 9 nitrogen and oxygen atoms in total. The van der Waals surface area contributed by atoms with Crippen molar-refractivity contribution in [2.24, 2.45) is 0 Å². The number of carboxylic acids is 2. The van der Waals surface area contributed by atoms with Gasteiger partial charge < -0.3 is 15.5 Å². The molecule has 1 rings (SSSR count). The summed E-state index contributed by atoms with van der Waals surface area (Å²) in [6.45, 7) is 1.09. The van der Waals surface area contributed by atoms with Crippen LogP contribution in [0.15, 0.2) is 24.3 Å². The highest BCUT2D eigenvalue weighted by molar-refractivity contribution is 6.27. The first-order chi connectivity index (χ1) is 10.9. The highest BCUT2D eigenvalue weighted by Crippen LogP contribution is 2.04. The van der Waals surface area contributed by atoms with Crippen molar-refractivity contribution >= 4 is 17.8 Å². The van der Waals surface area contributed by atoms with Gasteiger partial charge in [-0.3, -0.25) is 15.6 Å². The summed E-state index contributed by atoms with van der Waals surface area (Å²) in [5, 5.41) is 25.8. The number of amides is 1. The lowest BCUT2D eigenvalue weighted by atomic mass is 10.1. The standard InChI is InChI=1S/C12H16N4O.C2H2O4/c1-14-16-9-10-3-5-11(6-4-10)12(17)15-8-2-7-13;3-1(4)2(5)6/h3-6,14,16H,2,8-9H2,1H3,(H,15,17);(H,3,4)(H,5,6). The zero-order chi connectivity index (χ0) is 17.7. The first-order valence-corrected chi connectivity index (χ1v) is 6.52. The number of hydrogen-bond acceptors (Lipinski definition) is 6. The topological polar surface area (TPSA) is 152 Å². The number of carboxylic acid groups (broad SMARTS) is 2. The number of hydrogen-bond donors (Lipinski definition) is 5. The van der Waals surface area contributed by atoms with E-state index in [1.54, 1.807) is 19.2 Å². The molecule has 0 heterocycles. The first-order valence-electron chi connectivity index (χ1n) is 6.52. The zero-order valence-corrected chi connectivity index (χ0v) is 12.5. The van der Waals surface area contributed by atoms with Crippen LogP contribution in [-0.2, 0) is 16.1 Å². The summed E-state index contributed by atoms with van der Waals surface area (Å²) in [5.41, 5.74) is 7.49. The zero-order valence-electron chi connectivity index (χ0n) is 12.5. The van der Waals surface area contributed by atoms with Gasteiger partial charge in [0.2, 0.25) is 0 Å². The van der Waals surface area contributed by atoms with Crippen LogP contribution in [0.5, 0.6) is 0 Å². The van der Waals surface area contributed by atoms with Crippen molar-refractivity contribution in [2.75, 3.05) is 13.6 Å². The Morgan fingerprint density at radius 1 is 1.13 bits per heavy atom. The van der Waals surface area contributed by atoms with Gasteiger partial charge in [-0.25, -0.2) is 9.59 Å². The van der Waals surface area contributed by atoms with Gasteiger partial charge in [0.25, 0.3) is 5.91 Å². The predicted octanol–water partition coefficient (Wildman–Crippen LogP) is -0.290. The van der Waals surface area contributed by atoms with Crippen molar-refractivity contribution in [3.8, 4) is 6.07 Å². The van der Waals surface area contributed by atoms with Crippen LogP contribution in [-0.4, -0.2) is 41.7 Å². The van der Waals surface area contributed by atoms with Crippen molar-refractivity contribution < 1.29 is 24.6 Å². The minimum atomic E-state index is -1.82. The minimum absolute atomic E-state index is 0.145. The molecule has 0 saturated carbocycles. The Labute approximate surface area is 132 Å². The van der Waals surface area contributed by atoms with E-state index >= 15 is 0 Å². The molecule has 0 aromatic heterocycles. The van der Waals surface area contributed by atoms with E-state index in [-0.39, 0.29) is 5.91 Å². The van der Waals surface area contributed by atoms with Gasteiger partial charge in [0, 0.05) is 18.7 Å². The van der Waals surface area contributed by atoms with E-state index in [1.807, 2.05) is 18.2 Å². The molecule has 0 bridgehead atoms. The molecular formula is C14H18N4O5. The van der Waals surface area contributed by atoms with Gasteiger partial charge in [0.05, 0.1) is 12.5 Å². The number of nitrogens with zero attached hydrogens (tertiary/aromatic N) is 1. The maximum absolute atomic E-state index is 11.6.